The molecular weight excluding hydrogens is 261 g/mol. The summed E-state index contributed by atoms with van der Waals surface area (Å²) in [6, 6.07) is 1.60. The highest BCUT2D eigenvalue weighted by atomic mass is 32.1. The van der Waals surface area contributed by atoms with Gasteiger partial charge in [-0.25, -0.2) is 18.2 Å². The summed E-state index contributed by atoms with van der Waals surface area (Å²) < 4.78 is 40.2. The zero-order valence-electron chi connectivity index (χ0n) is 9.21. The monoisotopic (exact) mass is 270 g/mol. The summed E-state index contributed by atoms with van der Waals surface area (Å²) in [6.45, 7) is 0. The Kier molecular flexibility index (Phi) is 2.55. The molecule has 18 heavy (non-hydrogen) atoms. The van der Waals surface area contributed by atoms with E-state index < -0.39 is 17.5 Å². The van der Waals surface area contributed by atoms with E-state index in [1.54, 1.807) is 0 Å². The minimum Gasteiger partial charge on any atom is -0.375 e. The number of aryl methyl sites for hydroxylation is 1. The minimum absolute atomic E-state index is 0.0508. The molecule has 0 spiro atoms. The molecular formula is C12H9F3N2S. The predicted molar refractivity (Wildman–Crippen MR) is 63.0 cm³/mol. The molecule has 0 bridgehead atoms. The van der Waals surface area contributed by atoms with Crippen LogP contribution in [0.25, 0.3) is 0 Å². The second kappa shape index (κ2) is 3.98. The molecule has 0 saturated carbocycles. The maximum absolute atomic E-state index is 13.7. The Bertz CT molecular complexity index is 624. The highest BCUT2D eigenvalue weighted by Gasteiger charge is 2.31. The van der Waals surface area contributed by atoms with Crippen LogP contribution in [-0.2, 0) is 6.42 Å². The van der Waals surface area contributed by atoms with Crippen molar-refractivity contribution in [2.75, 3.05) is 5.73 Å². The number of hydrogen-bond acceptors (Lipinski definition) is 3. The van der Waals surface area contributed by atoms with Crippen molar-refractivity contribution in [2.45, 2.75) is 18.8 Å². The number of rotatable bonds is 1. The first kappa shape index (κ1) is 11.5. The summed E-state index contributed by atoms with van der Waals surface area (Å²) >= 11 is 1.26. The molecule has 0 saturated heterocycles. The van der Waals surface area contributed by atoms with Gasteiger partial charge in [0.15, 0.2) is 16.8 Å². The van der Waals surface area contributed by atoms with Gasteiger partial charge in [-0.3, -0.25) is 0 Å². The number of nitrogens with zero attached hydrogens (tertiary/aromatic N) is 1. The van der Waals surface area contributed by atoms with Crippen LogP contribution in [0.2, 0.25) is 0 Å². The first-order chi connectivity index (χ1) is 8.56. The van der Waals surface area contributed by atoms with Crippen LogP contribution in [0.15, 0.2) is 12.1 Å². The molecule has 0 fully saturated rings. The van der Waals surface area contributed by atoms with Crippen LogP contribution in [0, 0.1) is 17.5 Å². The van der Waals surface area contributed by atoms with Crippen LogP contribution in [-0.4, -0.2) is 4.98 Å². The van der Waals surface area contributed by atoms with Gasteiger partial charge in [0, 0.05) is 22.4 Å². The molecule has 2 N–H and O–H groups in total. The lowest BCUT2D eigenvalue weighted by atomic mass is 9.97. The molecule has 1 aromatic heterocycles. The van der Waals surface area contributed by atoms with Gasteiger partial charge < -0.3 is 5.73 Å². The van der Waals surface area contributed by atoms with Crippen LogP contribution in [0.3, 0.4) is 0 Å². The molecule has 6 heteroatoms. The molecule has 2 aromatic rings. The number of fused-ring (bicyclic) bond motifs is 1. The lowest BCUT2D eigenvalue weighted by molar-refractivity contribution is 0.479. The first-order valence-electron chi connectivity index (χ1n) is 5.45. The molecule has 3 rings (SSSR count). The Hall–Kier alpha value is -1.56. The molecule has 1 aromatic carbocycles. The van der Waals surface area contributed by atoms with Crippen molar-refractivity contribution < 1.29 is 13.2 Å². The molecule has 1 aliphatic rings. The van der Waals surface area contributed by atoms with E-state index in [1.807, 2.05) is 0 Å². The molecule has 1 heterocycles. The second-order valence-corrected chi connectivity index (χ2v) is 5.31. The van der Waals surface area contributed by atoms with Gasteiger partial charge in [-0.15, -0.1) is 11.3 Å². The maximum atomic E-state index is 13.7. The highest BCUT2D eigenvalue weighted by molar-refractivity contribution is 7.15. The number of benzene rings is 1. The van der Waals surface area contributed by atoms with Crippen LogP contribution < -0.4 is 5.73 Å². The van der Waals surface area contributed by atoms with Gasteiger partial charge in [-0.1, -0.05) is 0 Å². The van der Waals surface area contributed by atoms with Gasteiger partial charge in [0.2, 0.25) is 0 Å². The summed E-state index contributed by atoms with van der Waals surface area (Å²) in [7, 11) is 0. The Balaban J connectivity index is 2.12. The van der Waals surface area contributed by atoms with Gasteiger partial charge in [0.25, 0.3) is 0 Å². The van der Waals surface area contributed by atoms with Crippen molar-refractivity contribution >= 4 is 16.5 Å². The molecule has 0 radical (unpaired) electrons. The highest BCUT2D eigenvalue weighted by Crippen LogP contribution is 2.43. The molecule has 0 aliphatic heterocycles. The normalized spacial score (nSPS) is 18.1. The van der Waals surface area contributed by atoms with Gasteiger partial charge in [-0.2, -0.15) is 0 Å². The Labute approximate surface area is 105 Å². The third-order valence-corrected chi connectivity index (χ3v) is 4.17. The zero-order valence-corrected chi connectivity index (χ0v) is 10.0. The van der Waals surface area contributed by atoms with Crippen LogP contribution in [0.1, 0.15) is 28.5 Å². The van der Waals surface area contributed by atoms with E-state index in [0.717, 1.165) is 16.6 Å². The van der Waals surface area contributed by atoms with E-state index in [1.165, 1.54) is 11.3 Å². The van der Waals surface area contributed by atoms with Gasteiger partial charge in [-0.05, 0) is 18.9 Å². The number of halogens is 3. The van der Waals surface area contributed by atoms with Crippen LogP contribution >= 0.6 is 11.3 Å². The fraction of sp³-hybridized carbons (Fsp3) is 0.250. The molecule has 1 unspecified atom stereocenters. The molecule has 0 amide bonds. The summed E-state index contributed by atoms with van der Waals surface area (Å²) in [5.41, 5.74) is 6.46. The number of nitrogen functional groups attached to an aromatic ring is 1. The standard InChI is InChI=1S/C12H9F3N2S/c13-5-3-7(10(15)8(14)4-5)6-1-2-9-11(6)18-12(16)17-9/h3-4,6H,1-2H2,(H2,16,17). The SMILES string of the molecule is Nc1nc2c(s1)C(c1cc(F)cc(F)c1F)CC2. The Morgan fingerprint density at radius 3 is 2.83 bits per heavy atom. The van der Waals surface area contributed by atoms with E-state index in [4.69, 9.17) is 5.73 Å². The molecule has 1 aliphatic carbocycles. The van der Waals surface area contributed by atoms with Crippen molar-refractivity contribution in [3.05, 3.63) is 45.7 Å². The number of thiazole rings is 1. The van der Waals surface area contributed by atoms with E-state index in [2.05, 4.69) is 4.98 Å². The number of anilines is 1. The van der Waals surface area contributed by atoms with Crippen molar-refractivity contribution in [3.63, 3.8) is 0 Å². The van der Waals surface area contributed by atoms with Gasteiger partial charge in [0.1, 0.15) is 5.82 Å². The maximum Gasteiger partial charge on any atom is 0.180 e. The number of hydrogen-bond donors (Lipinski definition) is 1. The predicted octanol–water partition coefficient (Wildman–Crippen LogP) is 3.22. The average molecular weight is 270 g/mol. The second-order valence-electron chi connectivity index (χ2n) is 4.25. The topological polar surface area (TPSA) is 38.9 Å². The Morgan fingerprint density at radius 1 is 1.28 bits per heavy atom. The summed E-state index contributed by atoms with van der Waals surface area (Å²) in [4.78, 5) is 4.94. The quantitative estimate of drug-likeness (QED) is 0.808. The lowest BCUT2D eigenvalue weighted by Gasteiger charge is -2.11. The lowest BCUT2D eigenvalue weighted by Crippen LogP contribution is -2.02. The third-order valence-electron chi connectivity index (χ3n) is 3.13. The number of aromatic nitrogens is 1. The molecule has 1 atom stereocenters. The van der Waals surface area contributed by atoms with Crippen LogP contribution in [0.5, 0.6) is 0 Å². The van der Waals surface area contributed by atoms with Gasteiger partial charge >= 0.3 is 0 Å². The van der Waals surface area contributed by atoms with Gasteiger partial charge in [0.05, 0.1) is 5.69 Å². The summed E-state index contributed by atoms with van der Waals surface area (Å²) in [5, 5.41) is 0.405. The fourth-order valence-electron chi connectivity index (χ4n) is 2.37. The fourth-order valence-corrected chi connectivity index (χ4v) is 3.41. The smallest absolute Gasteiger partial charge is 0.180 e. The minimum atomic E-state index is -1.16. The Morgan fingerprint density at radius 2 is 2.06 bits per heavy atom. The van der Waals surface area contributed by atoms with Crippen LogP contribution in [0.4, 0.5) is 18.3 Å². The molecule has 2 nitrogen and oxygen atoms in total. The summed E-state index contributed by atoms with van der Waals surface area (Å²) in [6.07, 6.45) is 1.26. The zero-order chi connectivity index (χ0) is 12.9. The van der Waals surface area contributed by atoms with E-state index >= 15 is 0 Å². The largest absolute Gasteiger partial charge is 0.375 e. The van der Waals surface area contributed by atoms with Crippen molar-refractivity contribution in [1.82, 2.24) is 4.98 Å². The average Bonchev–Trinajstić information content (AvgIpc) is 2.82. The van der Waals surface area contributed by atoms with Crippen molar-refractivity contribution in [3.8, 4) is 0 Å². The number of nitrogens with two attached hydrogens (primary N) is 1. The van der Waals surface area contributed by atoms with E-state index in [9.17, 15) is 13.2 Å². The van der Waals surface area contributed by atoms with Crippen molar-refractivity contribution in [2.24, 2.45) is 0 Å². The first-order valence-corrected chi connectivity index (χ1v) is 6.27. The molecule has 94 valence electrons. The van der Waals surface area contributed by atoms with E-state index in [-0.39, 0.29) is 11.5 Å². The summed E-state index contributed by atoms with van der Waals surface area (Å²) in [5.74, 6) is -3.26. The third kappa shape index (κ3) is 1.68. The van der Waals surface area contributed by atoms with Crippen molar-refractivity contribution in [1.29, 1.82) is 0 Å². The van der Waals surface area contributed by atoms with E-state index in [0.29, 0.717) is 24.0 Å².